The Balaban J connectivity index is 1.34. The number of tetrazole rings is 1. The number of aromatic amines is 1. The SMILES string of the molecule is O=C(CSc1nnnn1-c1ccc(Cl)cc1)N/N=C\c1cn[nH]c1-c1ccccc1. The van der Waals surface area contributed by atoms with E-state index in [1.807, 2.05) is 30.3 Å². The molecule has 4 rings (SSSR count). The number of H-pyrrole nitrogens is 1. The molecule has 0 aliphatic heterocycles. The predicted molar refractivity (Wildman–Crippen MR) is 115 cm³/mol. The minimum atomic E-state index is -0.285. The number of nitrogens with one attached hydrogen (secondary N) is 2. The van der Waals surface area contributed by atoms with Crippen LogP contribution in [0.25, 0.3) is 16.9 Å². The number of hydrogen-bond acceptors (Lipinski definition) is 7. The summed E-state index contributed by atoms with van der Waals surface area (Å²) in [5.41, 5.74) is 5.82. The number of rotatable bonds is 7. The lowest BCUT2D eigenvalue weighted by Crippen LogP contribution is -2.20. The fourth-order valence-corrected chi connectivity index (χ4v) is 3.39. The fraction of sp³-hybridized carbons (Fsp3) is 0.0526. The fourth-order valence-electron chi connectivity index (χ4n) is 2.58. The molecular weight excluding hydrogens is 424 g/mol. The van der Waals surface area contributed by atoms with Crippen LogP contribution in [0.2, 0.25) is 5.02 Å². The third-order valence-corrected chi connectivity index (χ3v) is 5.14. The van der Waals surface area contributed by atoms with Gasteiger partial charge in [-0.2, -0.15) is 14.9 Å². The molecule has 0 aliphatic carbocycles. The Hall–Kier alpha value is -3.50. The Bertz CT molecular complexity index is 1160. The second-order valence-electron chi connectivity index (χ2n) is 6.00. The normalized spacial score (nSPS) is 11.1. The summed E-state index contributed by atoms with van der Waals surface area (Å²) in [5.74, 6) is -0.186. The van der Waals surface area contributed by atoms with E-state index >= 15 is 0 Å². The molecule has 150 valence electrons. The standard InChI is InChI=1S/C19H15ClN8OS/c20-15-6-8-16(9-7-15)28-19(25-26-27-28)30-12-17(29)23-21-10-14-11-22-24-18(14)13-4-2-1-3-5-13/h1-11H,12H2,(H,22,24)(H,23,29)/b21-10-. The van der Waals surface area contributed by atoms with Gasteiger partial charge in [-0.3, -0.25) is 9.89 Å². The second kappa shape index (κ2) is 9.33. The van der Waals surface area contributed by atoms with Gasteiger partial charge in [0, 0.05) is 16.1 Å². The van der Waals surface area contributed by atoms with Crippen molar-refractivity contribution < 1.29 is 4.79 Å². The van der Waals surface area contributed by atoms with Gasteiger partial charge < -0.3 is 0 Å². The number of carbonyl (C=O) groups is 1. The Morgan fingerprint density at radius 2 is 2.00 bits per heavy atom. The molecule has 9 nitrogen and oxygen atoms in total. The van der Waals surface area contributed by atoms with Crippen LogP contribution in [0.1, 0.15) is 5.56 Å². The maximum Gasteiger partial charge on any atom is 0.250 e. The summed E-state index contributed by atoms with van der Waals surface area (Å²) >= 11 is 7.11. The van der Waals surface area contributed by atoms with Gasteiger partial charge in [0.05, 0.1) is 29.5 Å². The lowest BCUT2D eigenvalue weighted by atomic mass is 10.1. The number of hydrogen-bond donors (Lipinski definition) is 2. The van der Waals surface area contributed by atoms with Crippen molar-refractivity contribution in [1.29, 1.82) is 0 Å². The van der Waals surface area contributed by atoms with E-state index in [0.29, 0.717) is 10.2 Å². The zero-order chi connectivity index (χ0) is 20.8. The van der Waals surface area contributed by atoms with Crippen LogP contribution in [0, 0.1) is 0 Å². The van der Waals surface area contributed by atoms with E-state index in [1.165, 1.54) is 16.4 Å². The number of aromatic nitrogens is 6. The van der Waals surface area contributed by atoms with Crippen LogP contribution in [-0.4, -0.2) is 48.3 Å². The average Bonchev–Trinajstić information content (AvgIpc) is 3.43. The highest BCUT2D eigenvalue weighted by Crippen LogP contribution is 2.20. The molecule has 0 saturated carbocycles. The number of hydrazone groups is 1. The first-order chi connectivity index (χ1) is 14.7. The van der Waals surface area contributed by atoms with Gasteiger partial charge >= 0.3 is 0 Å². The van der Waals surface area contributed by atoms with Crippen LogP contribution in [0.4, 0.5) is 0 Å². The smallest absolute Gasteiger partial charge is 0.250 e. The molecule has 30 heavy (non-hydrogen) atoms. The molecule has 2 heterocycles. The molecular formula is C19H15ClN8OS. The zero-order valence-electron chi connectivity index (χ0n) is 15.4. The zero-order valence-corrected chi connectivity index (χ0v) is 17.0. The van der Waals surface area contributed by atoms with Crippen LogP contribution >= 0.6 is 23.4 Å². The summed E-state index contributed by atoms with van der Waals surface area (Å²) < 4.78 is 1.54. The van der Waals surface area contributed by atoms with Crippen molar-refractivity contribution in [1.82, 2.24) is 35.8 Å². The molecule has 2 N–H and O–H groups in total. The summed E-state index contributed by atoms with van der Waals surface area (Å²) in [7, 11) is 0. The van der Waals surface area contributed by atoms with E-state index in [0.717, 1.165) is 22.5 Å². The van der Waals surface area contributed by atoms with Crippen LogP contribution < -0.4 is 5.43 Å². The second-order valence-corrected chi connectivity index (χ2v) is 7.38. The van der Waals surface area contributed by atoms with E-state index in [2.05, 4.69) is 36.3 Å². The van der Waals surface area contributed by atoms with E-state index in [1.54, 1.807) is 36.7 Å². The monoisotopic (exact) mass is 438 g/mol. The third kappa shape index (κ3) is 4.73. The average molecular weight is 439 g/mol. The molecule has 11 heteroatoms. The molecule has 0 bridgehead atoms. The first-order valence-electron chi connectivity index (χ1n) is 8.78. The quantitative estimate of drug-likeness (QED) is 0.260. The highest BCUT2D eigenvalue weighted by Gasteiger charge is 2.11. The van der Waals surface area contributed by atoms with E-state index < -0.39 is 0 Å². The number of benzene rings is 2. The van der Waals surface area contributed by atoms with Crippen LogP contribution in [0.5, 0.6) is 0 Å². The van der Waals surface area contributed by atoms with E-state index in [9.17, 15) is 4.79 Å². The van der Waals surface area contributed by atoms with Gasteiger partial charge in [-0.05, 0) is 34.7 Å². The van der Waals surface area contributed by atoms with E-state index in [4.69, 9.17) is 11.6 Å². The molecule has 0 radical (unpaired) electrons. The Kier molecular flexibility index (Phi) is 6.16. The minimum Gasteiger partial charge on any atom is -0.277 e. The van der Waals surface area contributed by atoms with Crippen molar-refractivity contribution in [3.63, 3.8) is 0 Å². The summed E-state index contributed by atoms with van der Waals surface area (Å²) in [6.07, 6.45) is 3.19. The van der Waals surface area contributed by atoms with Crippen molar-refractivity contribution in [3.05, 3.63) is 71.4 Å². The van der Waals surface area contributed by atoms with Crippen molar-refractivity contribution in [3.8, 4) is 16.9 Å². The van der Waals surface area contributed by atoms with Gasteiger partial charge in [0.1, 0.15) is 0 Å². The highest BCUT2D eigenvalue weighted by molar-refractivity contribution is 7.99. The topological polar surface area (TPSA) is 114 Å². The first kappa shape index (κ1) is 19.8. The van der Waals surface area contributed by atoms with Gasteiger partial charge in [0.25, 0.3) is 5.91 Å². The molecule has 0 spiro atoms. The predicted octanol–water partition coefficient (Wildman–Crippen LogP) is 2.95. The lowest BCUT2D eigenvalue weighted by Gasteiger charge is -2.04. The molecule has 4 aromatic rings. The number of carbonyl (C=O) groups excluding carboxylic acids is 1. The van der Waals surface area contributed by atoms with E-state index in [-0.39, 0.29) is 11.7 Å². The van der Waals surface area contributed by atoms with Crippen LogP contribution in [-0.2, 0) is 4.79 Å². The number of amides is 1. The summed E-state index contributed by atoms with van der Waals surface area (Å²) in [6, 6.07) is 16.8. The van der Waals surface area contributed by atoms with Gasteiger partial charge in [-0.15, -0.1) is 5.10 Å². The van der Waals surface area contributed by atoms with Gasteiger partial charge in [0.15, 0.2) is 0 Å². The van der Waals surface area contributed by atoms with Crippen molar-refractivity contribution in [2.45, 2.75) is 5.16 Å². The first-order valence-corrected chi connectivity index (χ1v) is 10.1. The van der Waals surface area contributed by atoms with Gasteiger partial charge in [0.2, 0.25) is 5.16 Å². The highest BCUT2D eigenvalue weighted by atomic mass is 35.5. The van der Waals surface area contributed by atoms with Gasteiger partial charge in [-0.25, -0.2) is 5.43 Å². The van der Waals surface area contributed by atoms with Crippen LogP contribution in [0.15, 0.2) is 71.1 Å². The lowest BCUT2D eigenvalue weighted by molar-refractivity contribution is -0.118. The maximum absolute atomic E-state index is 12.1. The van der Waals surface area contributed by atoms with Crippen LogP contribution in [0.3, 0.4) is 0 Å². The third-order valence-electron chi connectivity index (χ3n) is 3.97. The van der Waals surface area contributed by atoms with Crippen molar-refractivity contribution in [2.24, 2.45) is 5.10 Å². The van der Waals surface area contributed by atoms with Crippen molar-refractivity contribution in [2.75, 3.05) is 5.75 Å². The maximum atomic E-state index is 12.1. The number of thioether (sulfide) groups is 1. The Morgan fingerprint density at radius 1 is 1.20 bits per heavy atom. The summed E-state index contributed by atoms with van der Waals surface area (Å²) in [6.45, 7) is 0. The summed E-state index contributed by atoms with van der Waals surface area (Å²) in [5, 5.41) is 23.7. The molecule has 0 saturated heterocycles. The molecule has 0 aliphatic rings. The minimum absolute atomic E-state index is 0.0994. The van der Waals surface area contributed by atoms with Crippen molar-refractivity contribution >= 4 is 35.5 Å². The molecule has 1 amide bonds. The Labute approximate surface area is 180 Å². The summed E-state index contributed by atoms with van der Waals surface area (Å²) in [4.78, 5) is 12.1. The largest absolute Gasteiger partial charge is 0.277 e. The molecule has 2 aromatic heterocycles. The molecule has 0 unspecified atom stereocenters. The molecule has 0 atom stereocenters. The Morgan fingerprint density at radius 3 is 2.80 bits per heavy atom. The molecule has 2 aromatic carbocycles. The number of halogens is 1. The molecule has 0 fully saturated rings. The van der Waals surface area contributed by atoms with Gasteiger partial charge in [-0.1, -0.05) is 53.7 Å². The number of nitrogens with zero attached hydrogens (tertiary/aromatic N) is 6.